The van der Waals surface area contributed by atoms with Crippen LogP contribution in [0.2, 0.25) is 5.02 Å². The second kappa shape index (κ2) is 7.71. The zero-order valence-corrected chi connectivity index (χ0v) is 17.7. The van der Waals surface area contributed by atoms with E-state index in [9.17, 15) is 9.59 Å². The van der Waals surface area contributed by atoms with Crippen molar-refractivity contribution in [2.75, 3.05) is 11.9 Å². The molecule has 0 fully saturated rings. The van der Waals surface area contributed by atoms with Crippen molar-refractivity contribution in [3.63, 3.8) is 0 Å². The van der Waals surface area contributed by atoms with Crippen LogP contribution >= 0.6 is 11.6 Å². The van der Waals surface area contributed by atoms with Crippen molar-refractivity contribution in [2.24, 2.45) is 4.99 Å². The first-order chi connectivity index (χ1) is 15.0. The van der Waals surface area contributed by atoms with Crippen LogP contribution in [0.1, 0.15) is 39.4 Å². The predicted molar refractivity (Wildman–Crippen MR) is 122 cm³/mol. The van der Waals surface area contributed by atoms with Gasteiger partial charge in [0, 0.05) is 42.4 Å². The summed E-state index contributed by atoms with van der Waals surface area (Å²) in [5, 5.41) is 3.33. The molecular weight excluding hydrogens is 412 g/mol. The number of aromatic amines is 1. The summed E-state index contributed by atoms with van der Waals surface area (Å²) in [4.78, 5) is 34.9. The van der Waals surface area contributed by atoms with E-state index in [-0.39, 0.29) is 17.7 Å². The molecule has 0 saturated heterocycles. The molecule has 3 aromatic rings. The van der Waals surface area contributed by atoms with Crippen molar-refractivity contribution in [2.45, 2.75) is 24.8 Å². The van der Waals surface area contributed by atoms with Gasteiger partial charge in [-0.3, -0.25) is 9.59 Å². The average Bonchev–Trinajstić information content (AvgIpc) is 3.24. The van der Waals surface area contributed by atoms with Gasteiger partial charge in [0.15, 0.2) is 0 Å². The fraction of sp³-hybridized carbons (Fsp3) is 0.208. The largest absolute Gasteiger partial charge is 0.346 e. The molecule has 0 bridgehead atoms. The highest BCUT2D eigenvalue weighted by atomic mass is 35.5. The maximum absolute atomic E-state index is 13.0. The number of aliphatic imine (C=N–C) groups is 1. The molecular formula is C24H21ClN4O2. The summed E-state index contributed by atoms with van der Waals surface area (Å²) < 4.78 is 0. The summed E-state index contributed by atoms with van der Waals surface area (Å²) >= 11 is 6.06. The number of hydrogen-bond acceptors (Lipinski definition) is 3. The van der Waals surface area contributed by atoms with E-state index in [2.05, 4.69) is 33.5 Å². The molecule has 0 radical (unpaired) electrons. The van der Waals surface area contributed by atoms with Crippen molar-refractivity contribution in [3.05, 3.63) is 82.0 Å². The zero-order chi connectivity index (χ0) is 21.5. The molecule has 1 unspecified atom stereocenters. The molecule has 0 aliphatic carbocycles. The van der Waals surface area contributed by atoms with Crippen LogP contribution in [0.15, 0.2) is 59.7 Å². The molecule has 2 atom stereocenters. The van der Waals surface area contributed by atoms with Crippen LogP contribution in [-0.4, -0.2) is 36.1 Å². The van der Waals surface area contributed by atoms with Gasteiger partial charge in [-0.2, -0.15) is 0 Å². The minimum Gasteiger partial charge on any atom is -0.346 e. The van der Waals surface area contributed by atoms with Gasteiger partial charge in [-0.05, 0) is 41.8 Å². The van der Waals surface area contributed by atoms with Gasteiger partial charge in [0.05, 0.1) is 11.3 Å². The first-order valence-electron chi connectivity index (χ1n) is 10.2. The number of carbonyl (C=O) groups excluding carboxylic acids is 2. The molecule has 31 heavy (non-hydrogen) atoms. The molecule has 2 amide bonds. The SMILES string of the molecule is CN1C(=O)[C@H](Cc2ccc(C3CC=Nc4[nH]ccc43)cc2)NC(=O)c2cc(Cl)ccc21. The highest BCUT2D eigenvalue weighted by Gasteiger charge is 2.32. The fourth-order valence-electron chi connectivity index (χ4n) is 4.35. The van der Waals surface area contributed by atoms with Gasteiger partial charge in [0.1, 0.15) is 11.9 Å². The van der Waals surface area contributed by atoms with Crippen molar-refractivity contribution < 1.29 is 9.59 Å². The van der Waals surface area contributed by atoms with Crippen LogP contribution in [0.3, 0.4) is 0 Å². The zero-order valence-electron chi connectivity index (χ0n) is 16.9. The third-order valence-electron chi connectivity index (χ3n) is 6.01. The normalized spacial score (nSPS) is 20.1. The summed E-state index contributed by atoms with van der Waals surface area (Å²) in [6, 6.07) is 14.7. The second-order valence-electron chi connectivity index (χ2n) is 7.91. The van der Waals surface area contributed by atoms with Gasteiger partial charge >= 0.3 is 0 Å². The van der Waals surface area contributed by atoms with Crippen molar-refractivity contribution >= 4 is 41.1 Å². The molecule has 5 rings (SSSR count). The molecule has 2 aliphatic rings. The lowest BCUT2D eigenvalue weighted by Crippen LogP contribution is -2.45. The second-order valence-corrected chi connectivity index (χ2v) is 8.35. The number of nitrogens with one attached hydrogen (secondary N) is 2. The summed E-state index contributed by atoms with van der Waals surface area (Å²) in [5.41, 5.74) is 4.35. The Balaban J connectivity index is 1.36. The number of anilines is 1. The van der Waals surface area contributed by atoms with Gasteiger partial charge in [0.2, 0.25) is 5.91 Å². The standard InChI is InChI=1S/C24H21ClN4O2/c1-29-21-7-6-16(25)13-19(21)23(30)28-20(24(29)31)12-14-2-4-15(5-3-14)17-8-10-26-22-18(17)9-11-27-22/h2-7,9-11,13,17,20,27H,8,12H2,1H3,(H,28,30)/t17?,20-/m0/s1. The number of benzene rings is 2. The quantitative estimate of drug-likeness (QED) is 0.649. The van der Waals surface area contributed by atoms with E-state index < -0.39 is 6.04 Å². The Hall–Kier alpha value is -3.38. The Morgan fingerprint density at radius 1 is 1.13 bits per heavy atom. The molecule has 2 aromatic carbocycles. The van der Waals surface area contributed by atoms with Crippen molar-refractivity contribution in [3.8, 4) is 0 Å². The van der Waals surface area contributed by atoms with Crippen LogP contribution < -0.4 is 10.2 Å². The van der Waals surface area contributed by atoms with E-state index in [1.54, 1.807) is 25.2 Å². The topological polar surface area (TPSA) is 77.6 Å². The van der Waals surface area contributed by atoms with Gasteiger partial charge in [0.25, 0.3) is 5.91 Å². The number of likely N-dealkylation sites (N-methyl/N-ethyl adjacent to an activating group) is 1. The van der Waals surface area contributed by atoms with E-state index >= 15 is 0 Å². The van der Waals surface area contributed by atoms with Crippen LogP contribution in [0, 0.1) is 0 Å². The Labute approximate surface area is 184 Å². The monoisotopic (exact) mass is 432 g/mol. The number of carbonyl (C=O) groups is 2. The highest BCUT2D eigenvalue weighted by Crippen LogP contribution is 2.36. The molecule has 7 heteroatoms. The van der Waals surface area contributed by atoms with Crippen molar-refractivity contribution in [1.29, 1.82) is 0 Å². The Bertz CT molecular complexity index is 1200. The van der Waals surface area contributed by atoms with Gasteiger partial charge in [-0.15, -0.1) is 0 Å². The third kappa shape index (κ3) is 3.53. The van der Waals surface area contributed by atoms with Crippen LogP contribution in [0.5, 0.6) is 0 Å². The molecule has 2 aliphatic heterocycles. The first-order valence-corrected chi connectivity index (χ1v) is 10.6. The molecule has 0 saturated carbocycles. The van der Waals surface area contributed by atoms with Gasteiger partial charge < -0.3 is 15.2 Å². The third-order valence-corrected chi connectivity index (χ3v) is 6.25. The number of rotatable bonds is 3. The lowest BCUT2D eigenvalue weighted by Gasteiger charge is -2.22. The first kappa shape index (κ1) is 19.6. The number of hydrogen-bond donors (Lipinski definition) is 2. The minimum absolute atomic E-state index is 0.154. The van der Waals surface area contributed by atoms with E-state index in [1.807, 2.05) is 24.5 Å². The maximum Gasteiger partial charge on any atom is 0.254 e. The summed E-state index contributed by atoms with van der Waals surface area (Å²) in [7, 11) is 1.69. The molecule has 6 nitrogen and oxygen atoms in total. The number of H-pyrrole nitrogens is 1. The predicted octanol–water partition coefficient (Wildman–Crippen LogP) is 4.22. The molecule has 3 heterocycles. The van der Waals surface area contributed by atoms with E-state index in [1.165, 1.54) is 16.0 Å². The Morgan fingerprint density at radius 2 is 1.94 bits per heavy atom. The summed E-state index contributed by atoms with van der Waals surface area (Å²) in [6.07, 6.45) is 5.12. The van der Waals surface area contributed by atoms with Crippen LogP contribution in [0.4, 0.5) is 11.5 Å². The lowest BCUT2D eigenvalue weighted by molar-refractivity contribution is -0.120. The number of halogens is 1. The number of fused-ring (bicyclic) bond motifs is 2. The van der Waals surface area contributed by atoms with Gasteiger partial charge in [-0.1, -0.05) is 35.9 Å². The smallest absolute Gasteiger partial charge is 0.254 e. The Morgan fingerprint density at radius 3 is 2.74 bits per heavy atom. The minimum atomic E-state index is -0.646. The summed E-state index contributed by atoms with van der Waals surface area (Å²) in [5.74, 6) is 0.726. The number of aromatic nitrogens is 1. The van der Waals surface area contributed by atoms with Gasteiger partial charge in [-0.25, -0.2) is 4.99 Å². The van der Waals surface area contributed by atoms with E-state index in [0.717, 1.165) is 17.8 Å². The molecule has 156 valence electrons. The Kier molecular flexibility index (Phi) is 4.87. The summed E-state index contributed by atoms with van der Waals surface area (Å²) in [6.45, 7) is 0. The molecule has 2 N–H and O–H groups in total. The molecule has 0 spiro atoms. The lowest BCUT2D eigenvalue weighted by atomic mass is 9.88. The number of amides is 2. The van der Waals surface area contributed by atoms with Crippen molar-refractivity contribution in [1.82, 2.24) is 10.3 Å². The number of nitrogens with zero attached hydrogens (tertiary/aromatic N) is 2. The van der Waals surface area contributed by atoms with Crippen LogP contribution in [-0.2, 0) is 11.2 Å². The molecule has 1 aromatic heterocycles. The maximum atomic E-state index is 13.0. The van der Waals surface area contributed by atoms with Crippen LogP contribution in [0.25, 0.3) is 0 Å². The average molecular weight is 433 g/mol. The fourth-order valence-corrected chi connectivity index (χ4v) is 4.52. The highest BCUT2D eigenvalue weighted by molar-refractivity contribution is 6.31. The van der Waals surface area contributed by atoms with E-state index in [4.69, 9.17) is 11.6 Å². The van der Waals surface area contributed by atoms with E-state index in [0.29, 0.717) is 22.7 Å².